The highest BCUT2D eigenvalue weighted by atomic mass is 32.2. The summed E-state index contributed by atoms with van der Waals surface area (Å²) >= 11 is 0. The number of aromatic nitrogens is 1. The Labute approximate surface area is 135 Å². The van der Waals surface area contributed by atoms with Crippen molar-refractivity contribution in [2.45, 2.75) is 43.1 Å². The SMILES string of the molecule is O=S(=O)(N[C@H](c1cnc2ccccc2c1)C1CC(O)C1)C1CC1. The zero-order valence-electron chi connectivity index (χ0n) is 12.7. The van der Waals surface area contributed by atoms with Crippen LogP contribution in [0.25, 0.3) is 10.9 Å². The second kappa shape index (κ2) is 5.54. The molecule has 2 fully saturated rings. The second-order valence-electron chi connectivity index (χ2n) is 6.69. The van der Waals surface area contributed by atoms with E-state index in [1.807, 2.05) is 30.3 Å². The molecule has 2 N–H and O–H groups in total. The number of aliphatic hydroxyl groups is 1. The van der Waals surface area contributed by atoms with Gasteiger partial charge in [-0.2, -0.15) is 0 Å². The fraction of sp³-hybridized carbons (Fsp3) is 0.471. The summed E-state index contributed by atoms with van der Waals surface area (Å²) in [6.07, 6.45) is 4.18. The molecule has 1 aromatic heterocycles. The maximum absolute atomic E-state index is 12.4. The van der Waals surface area contributed by atoms with Crippen LogP contribution in [0.1, 0.15) is 37.3 Å². The lowest BCUT2D eigenvalue weighted by atomic mass is 9.75. The molecule has 0 unspecified atom stereocenters. The van der Waals surface area contributed by atoms with Crippen molar-refractivity contribution in [1.29, 1.82) is 0 Å². The van der Waals surface area contributed by atoms with Gasteiger partial charge in [0, 0.05) is 11.6 Å². The van der Waals surface area contributed by atoms with E-state index in [-0.39, 0.29) is 23.3 Å². The van der Waals surface area contributed by atoms with Crippen LogP contribution >= 0.6 is 0 Å². The first kappa shape index (κ1) is 15.1. The van der Waals surface area contributed by atoms with E-state index < -0.39 is 10.0 Å². The van der Waals surface area contributed by atoms with Crippen LogP contribution < -0.4 is 4.72 Å². The van der Waals surface area contributed by atoms with Crippen LogP contribution in [0.5, 0.6) is 0 Å². The number of fused-ring (bicyclic) bond motifs is 1. The van der Waals surface area contributed by atoms with Crippen molar-refractivity contribution < 1.29 is 13.5 Å². The van der Waals surface area contributed by atoms with Gasteiger partial charge in [-0.15, -0.1) is 0 Å². The number of aliphatic hydroxyl groups excluding tert-OH is 1. The molecular weight excluding hydrogens is 312 g/mol. The quantitative estimate of drug-likeness (QED) is 0.879. The highest BCUT2D eigenvalue weighted by molar-refractivity contribution is 7.90. The van der Waals surface area contributed by atoms with Crippen molar-refractivity contribution in [2.75, 3.05) is 0 Å². The first-order valence-corrected chi connectivity index (χ1v) is 9.61. The minimum Gasteiger partial charge on any atom is -0.393 e. The van der Waals surface area contributed by atoms with Gasteiger partial charge in [0.2, 0.25) is 10.0 Å². The van der Waals surface area contributed by atoms with E-state index in [2.05, 4.69) is 9.71 Å². The van der Waals surface area contributed by atoms with Gasteiger partial charge in [-0.25, -0.2) is 13.1 Å². The van der Waals surface area contributed by atoms with Gasteiger partial charge in [-0.1, -0.05) is 18.2 Å². The Bertz CT molecular complexity index is 827. The fourth-order valence-electron chi connectivity index (χ4n) is 3.25. The summed E-state index contributed by atoms with van der Waals surface area (Å²) in [5.74, 6) is 0.126. The van der Waals surface area contributed by atoms with Crippen LogP contribution in [0.15, 0.2) is 36.5 Å². The van der Waals surface area contributed by atoms with Crippen LogP contribution in [0, 0.1) is 5.92 Å². The maximum Gasteiger partial charge on any atom is 0.215 e. The zero-order valence-corrected chi connectivity index (χ0v) is 13.5. The van der Waals surface area contributed by atoms with Gasteiger partial charge >= 0.3 is 0 Å². The van der Waals surface area contributed by atoms with E-state index in [1.54, 1.807) is 6.20 Å². The highest BCUT2D eigenvalue weighted by Crippen LogP contribution is 2.40. The summed E-state index contributed by atoms with van der Waals surface area (Å²) < 4.78 is 27.6. The molecule has 0 bridgehead atoms. The standard InChI is InChI=1S/C17H20N2O3S/c20-14-8-12(9-14)17(19-23(21,22)15-5-6-15)13-7-11-3-1-2-4-16(11)18-10-13/h1-4,7,10,12,14-15,17,19-20H,5-6,8-9H2/t12?,14?,17-/m0/s1. The number of nitrogens with zero attached hydrogens (tertiary/aromatic N) is 1. The number of nitrogens with one attached hydrogen (secondary N) is 1. The zero-order chi connectivity index (χ0) is 16.0. The third kappa shape index (κ3) is 2.98. The Morgan fingerprint density at radius 1 is 1.22 bits per heavy atom. The minimum absolute atomic E-state index is 0.126. The molecule has 1 atom stereocenters. The number of benzene rings is 1. The average molecular weight is 332 g/mol. The molecule has 2 aliphatic rings. The minimum atomic E-state index is -3.29. The molecule has 5 nitrogen and oxygen atoms in total. The molecule has 0 radical (unpaired) electrons. The summed E-state index contributed by atoms with van der Waals surface area (Å²) in [6.45, 7) is 0. The van der Waals surface area contributed by atoms with Gasteiger partial charge in [-0.05, 0) is 49.3 Å². The fourth-order valence-corrected chi connectivity index (χ4v) is 4.88. The molecular formula is C17H20N2O3S. The molecule has 0 saturated heterocycles. The van der Waals surface area contributed by atoms with Gasteiger partial charge in [0.05, 0.1) is 22.9 Å². The summed E-state index contributed by atoms with van der Waals surface area (Å²) in [6, 6.07) is 9.51. The largest absolute Gasteiger partial charge is 0.393 e. The lowest BCUT2D eigenvalue weighted by molar-refractivity contribution is 0.0280. The third-order valence-corrected chi connectivity index (χ3v) is 6.78. The number of pyridine rings is 1. The van der Waals surface area contributed by atoms with Crippen molar-refractivity contribution in [3.63, 3.8) is 0 Å². The number of hydrogen-bond donors (Lipinski definition) is 2. The lowest BCUT2D eigenvalue weighted by Gasteiger charge is -2.38. The van der Waals surface area contributed by atoms with Crippen LogP contribution in [0.3, 0.4) is 0 Å². The van der Waals surface area contributed by atoms with Gasteiger partial charge in [0.25, 0.3) is 0 Å². The van der Waals surface area contributed by atoms with Crippen LogP contribution in [0.2, 0.25) is 0 Å². The topological polar surface area (TPSA) is 79.3 Å². The Hall–Kier alpha value is -1.50. The highest BCUT2D eigenvalue weighted by Gasteiger charge is 2.41. The summed E-state index contributed by atoms with van der Waals surface area (Å²) in [4.78, 5) is 4.46. The molecule has 2 saturated carbocycles. The molecule has 0 aliphatic heterocycles. The van der Waals surface area contributed by atoms with E-state index >= 15 is 0 Å². The Morgan fingerprint density at radius 2 is 1.96 bits per heavy atom. The monoisotopic (exact) mass is 332 g/mol. The predicted molar refractivity (Wildman–Crippen MR) is 88.3 cm³/mol. The number of sulfonamides is 1. The van der Waals surface area contributed by atoms with Gasteiger partial charge < -0.3 is 5.11 Å². The number of hydrogen-bond acceptors (Lipinski definition) is 4. The molecule has 23 heavy (non-hydrogen) atoms. The van der Waals surface area contributed by atoms with Crippen molar-refractivity contribution >= 4 is 20.9 Å². The Morgan fingerprint density at radius 3 is 2.65 bits per heavy atom. The molecule has 0 amide bonds. The van der Waals surface area contributed by atoms with Crippen molar-refractivity contribution in [3.05, 3.63) is 42.1 Å². The van der Waals surface area contributed by atoms with Crippen LogP contribution in [-0.2, 0) is 10.0 Å². The molecule has 6 heteroatoms. The van der Waals surface area contributed by atoms with Crippen LogP contribution in [-0.4, -0.2) is 29.9 Å². The molecule has 122 valence electrons. The van der Waals surface area contributed by atoms with Crippen molar-refractivity contribution in [2.24, 2.45) is 5.92 Å². The maximum atomic E-state index is 12.4. The molecule has 0 spiro atoms. The van der Waals surface area contributed by atoms with E-state index in [0.717, 1.165) is 29.3 Å². The Balaban J connectivity index is 1.68. The molecule has 2 aromatic rings. The van der Waals surface area contributed by atoms with Crippen molar-refractivity contribution in [3.8, 4) is 0 Å². The predicted octanol–water partition coefficient (Wildman–Crippen LogP) is 2.13. The van der Waals surface area contributed by atoms with E-state index in [4.69, 9.17) is 0 Å². The average Bonchev–Trinajstić information content (AvgIpc) is 3.35. The Kier molecular flexibility index (Phi) is 3.63. The van der Waals surface area contributed by atoms with Crippen molar-refractivity contribution in [1.82, 2.24) is 9.71 Å². The molecule has 2 aliphatic carbocycles. The number of para-hydroxylation sites is 1. The van der Waals surface area contributed by atoms with Gasteiger partial charge in [0.15, 0.2) is 0 Å². The summed E-state index contributed by atoms with van der Waals surface area (Å²) in [5, 5.41) is 10.4. The summed E-state index contributed by atoms with van der Waals surface area (Å²) in [7, 11) is -3.29. The molecule has 1 heterocycles. The summed E-state index contributed by atoms with van der Waals surface area (Å²) in [5.41, 5.74) is 1.78. The molecule has 1 aromatic carbocycles. The van der Waals surface area contributed by atoms with E-state index in [0.29, 0.717) is 12.8 Å². The molecule has 4 rings (SSSR count). The lowest BCUT2D eigenvalue weighted by Crippen LogP contribution is -2.42. The third-order valence-electron chi connectivity index (χ3n) is 4.85. The number of rotatable bonds is 5. The van der Waals surface area contributed by atoms with E-state index in [9.17, 15) is 13.5 Å². The smallest absolute Gasteiger partial charge is 0.215 e. The normalized spacial score (nSPS) is 26.0. The van der Waals surface area contributed by atoms with E-state index in [1.165, 1.54) is 0 Å². The van der Waals surface area contributed by atoms with Gasteiger partial charge in [-0.3, -0.25) is 4.98 Å². The first-order valence-electron chi connectivity index (χ1n) is 8.07. The van der Waals surface area contributed by atoms with Crippen LogP contribution in [0.4, 0.5) is 0 Å². The first-order chi connectivity index (χ1) is 11.0. The second-order valence-corrected chi connectivity index (χ2v) is 8.68. The van der Waals surface area contributed by atoms with Gasteiger partial charge in [0.1, 0.15) is 0 Å².